The second-order valence-corrected chi connectivity index (χ2v) is 4.51. The van der Waals surface area contributed by atoms with E-state index >= 15 is 0 Å². The van der Waals surface area contributed by atoms with E-state index in [1.165, 1.54) is 0 Å². The molecule has 5 heteroatoms. The fourth-order valence-corrected chi connectivity index (χ4v) is 1.89. The van der Waals surface area contributed by atoms with E-state index in [0.29, 0.717) is 5.02 Å². The Morgan fingerprint density at radius 2 is 2.00 bits per heavy atom. The number of aromatic carboxylic acids is 1. The molecular formula is C13H13ClN2O2. The van der Waals surface area contributed by atoms with Crippen molar-refractivity contribution >= 4 is 17.6 Å². The van der Waals surface area contributed by atoms with Crippen LogP contribution in [0, 0.1) is 0 Å². The van der Waals surface area contributed by atoms with Crippen LogP contribution in [0.15, 0.2) is 30.3 Å². The molecule has 2 rings (SSSR count). The van der Waals surface area contributed by atoms with Gasteiger partial charge < -0.3 is 5.11 Å². The van der Waals surface area contributed by atoms with Gasteiger partial charge in [-0.3, -0.25) is 4.68 Å². The van der Waals surface area contributed by atoms with Crippen molar-refractivity contribution in [1.29, 1.82) is 0 Å². The molecule has 0 aliphatic rings. The van der Waals surface area contributed by atoms with Crippen LogP contribution in [0.5, 0.6) is 0 Å². The maximum atomic E-state index is 10.8. The molecule has 1 N–H and O–H groups in total. The zero-order valence-electron chi connectivity index (χ0n) is 9.93. The zero-order valence-corrected chi connectivity index (χ0v) is 10.7. The van der Waals surface area contributed by atoms with Gasteiger partial charge in [0.05, 0.1) is 0 Å². The van der Waals surface area contributed by atoms with Crippen molar-refractivity contribution in [1.82, 2.24) is 9.78 Å². The molecule has 4 nitrogen and oxygen atoms in total. The van der Waals surface area contributed by atoms with Crippen molar-refractivity contribution < 1.29 is 9.90 Å². The summed E-state index contributed by atoms with van der Waals surface area (Å²) in [5.41, 5.74) is 2.16. The number of hydrogen-bond donors (Lipinski definition) is 1. The topological polar surface area (TPSA) is 55.1 Å². The quantitative estimate of drug-likeness (QED) is 0.923. The minimum Gasteiger partial charge on any atom is -0.476 e. The Kier molecular flexibility index (Phi) is 3.67. The maximum absolute atomic E-state index is 10.8. The molecule has 0 amide bonds. The number of aryl methyl sites for hydroxylation is 3. The Balaban J connectivity index is 2.06. The fraction of sp³-hybridized carbons (Fsp3) is 0.231. The summed E-state index contributed by atoms with van der Waals surface area (Å²) in [6, 6.07) is 9.25. The number of benzene rings is 1. The monoisotopic (exact) mass is 264 g/mol. The third-order valence-electron chi connectivity index (χ3n) is 2.78. The summed E-state index contributed by atoms with van der Waals surface area (Å²) in [7, 11) is 1.75. The second-order valence-electron chi connectivity index (χ2n) is 4.08. The molecule has 0 atom stereocenters. The Hall–Kier alpha value is -1.81. The zero-order chi connectivity index (χ0) is 13.1. The van der Waals surface area contributed by atoms with Crippen LogP contribution in [-0.2, 0) is 19.9 Å². The molecule has 0 spiro atoms. The lowest BCUT2D eigenvalue weighted by Crippen LogP contribution is -2.01. The first-order valence-electron chi connectivity index (χ1n) is 5.57. The van der Waals surface area contributed by atoms with E-state index < -0.39 is 5.97 Å². The van der Waals surface area contributed by atoms with E-state index in [4.69, 9.17) is 16.7 Å². The van der Waals surface area contributed by atoms with Gasteiger partial charge in [-0.2, -0.15) is 5.10 Å². The van der Waals surface area contributed by atoms with Crippen molar-refractivity contribution in [3.8, 4) is 0 Å². The summed E-state index contributed by atoms with van der Waals surface area (Å²) in [5.74, 6) is -0.997. The van der Waals surface area contributed by atoms with Crippen molar-refractivity contribution in [3.63, 3.8) is 0 Å². The summed E-state index contributed by atoms with van der Waals surface area (Å²) < 4.78 is 1.61. The van der Waals surface area contributed by atoms with Gasteiger partial charge in [0, 0.05) is 17.8 Å². The number of carboxylic acid groups (broad SMARTS) is 1. The third-order valence-corrected chi connectivity index (χ3v) is 3.03. The number of hydrogen-bond acceptors (Lipinski definition) is 2. The van der Waals surface area contributed by atoms with Crippen molar-refractivity contribution in [2.45, 2.75) is 12.8 Å². The molecule has 94 valence electrons. The van der Waals surface area contributed by atoms with Crippen LogP contribution in [0.1, 0.15) is 21.7 Å². The van der Waals surface area contributed by atoms with Crippen LogP contribution < -0.4 is 0 Å². The number of rotatable bonds is 4. The first-order valence-corrected chi connectivity index (χ1v) is 5.94. The summed E-state index contributed by atoms with van der Waals surface area (Å²) in [6.07, 6.45) is 1.58. The van der Waals surface area contributed by atoms with Crippen LogP contribution in [-0.4, -0.2) is 20.9 Å². The summed E-state index contributed by atoms with van der Waals surface area (Å²) >= 11 is 5.81. The van der Waals surface area contributed by atoms with E-state index in [1.807, 2.05) is 24.3 Å². The first kappa shape index (κ1) is 12.6. The predicted octanol–water partition coefficient (Wildman–Crippen LogP) is 2.56. The summed E-state index contributed by atoms with van der Waals surface area (Å²) in [6.45, 7) is 0. The van der Waals surface area contributed by atoms with Crippen molar-refractivity contribution in [2.75, 3.05) is 0 Å². The molecule has 0 aliphatic heterocycles. The van der Waals surface area contributed by atoms with Gasteiger partial charge in [-0.25, -0.2) is 4.79 Å². The molecule has 0 radical (unpaired) electrons. The molecule has 1 aromatic heterocycles. The van der Waals surface area contributed by atoms with Crippen molar-refractivity contribution in [3.05, 3.63) is 52.3 Å². The van der Waals surface area contributed by atoms with Gasteiger partial charge in [-0.1, -0.05) is 23.7 Å². The Morgan fingerprint density at radius 1 is 1.33 bits per heavy atom. The molecule has 1 aromatic carbocycles. The predicted molar refractivity (Wildman–Crippen MR) is 69.0 cm³/mol. The average molecular weight is 265 g/mol. The Labute approximate surface area is 110 Å². The highest BCUT2D eigenvalue weighted by atomic mass is 35.5. The summed E-state index contributed by atoms with van der Waals surface area (Å²) in [5, 5.41) is 13.5. The molecule has 0 unspecified atom stereocenters. The SMILES string of the molecule is Cn1nc(C(=O)O)cc1CCc1ccc(Cl)cc1. The van der Waals surface area contributed by atoms with Gasteiger partial charge in [-0.05, 0) is 36.6 Å². The van der Waals surface area contributed by atoms with Gasteiger partial charge in [-0.15, -0.1) is 0 Å². The minimum absolute atomic E-state index is 0.0867. The average Bonchev–Trinajstić information content (AvgIpc) is 2.70. The van der Waals surface area contributed by atoms with Crippen LogP contribution in [0.2, 0.25) is 5.02 Å². The Bertz CT molecular complexity index is 561. The van der Waals surface area contributed by atoms with Crippen LogP contribution in [0.25, 0.3) is 0 Å². The lowest BCUT2D eigenvalue weighted by Gasteiger charge is -2.02. The molecule has 0 aliphatic carbocycles. The molecule has 0 saturated carbocycles. The number of halogens is 1. The van der Waals surface area contributed by atoms with Gasteiger partial charge in [0.2, 0.25) is 0 Å². The molecule has 2 aromatic rings. The smallest absolute Gasteiger partial charge is 0.356 e. The van der Waals surface area contributed by atoms with Gasteiger partial charge in [0.1, 0.15) is 0 Å². The van der Waals surface area contributed by atoms with E-state index in [-0.39, 0.29) is 5.69 Å². The van der Waals surface area contributed by atoms with E-state index in [2.05, 4.69) is 5.10 Å². The van der Waals surface area contributed by atoms with E-state index in [0.717, 1.165) is 24.1 Å². The maximum Gasteiger partial charge on any atom is 0.356 e. The lowest BCUT2D eigenvalue weighted by molar-refractivity contribution is 0.0689. The fourth-order valence-electron chi connectivity index (χ4n) is 1.77. The molecule has 0 bridgehead atoms. The molecule has 1 heterocycles. The largest absolute Gasteiger partial charge is 0.476 e. The lowest BCUT2D eigenvalue weighted by atomic mass is 10.1. The van der Waals surface area contributed by atoms with Gasteiger partial charge in [0.15, 0.2) is 5.69 Å². The highest BCUT2D eigenvalue weighted by Gasteiger charge is 2.10. The van der Waals surface area contributed by atoms with Gasteiger partial charge in [0.25, 0.3) is 0 Å². The molecule has 0 fully saturated rings. The van der Waals surface area contributed by atoms with Crippen LogP contribution in [0.3, 0.4) is 0 Å². The van der Waals surface area contributed by atoms with Crippen LogP contribution >= 0.6 is 11.6 Å². The van der Waals surface area contributed by atoms with Crippen molar-refractivity contribution in [2.24, 2.45) is 7.05 Å². The summed E-state index contributed by atoms with van der Waals surface area (Å²) in [4.78, 5) is 10.8. The minimum atomic E-state index is -0.997. The molecular weight excluding hydrogens is 252 g/mol. The Morgan fingerprint density at radius 3 is 2.56 bits per heavy atom. The standard InChI is InChI=1S/C13H13ClN2O2/c1-16-11(8-12(15-16)13(17)18)7-4-9-2-5-10(14)6-3-9/h2-3,5-6,8H,4,7H2,1H3,(H,17,18). The third kappa shape index (κ3) is 2.90. The second kappa shape index (κ2) is 5.23. The number of carbonyl (C=O) groups is 1. The van der Waals surface area contributed by atoms with E-state index in [1.54, 1.807) is 17.8 Å². The highest BCUT2D eigenvalue weighted by molar-refractivity contribution is 6.30. The highest BCUT2D eigenvalue weighted by Crippen LogP contribution is 2.12. The van der Waals surface area contributed by atoms with Crippen LogP contribution in [0.4, 0.5) is 0 Å². The number of carboxylic acids is 1. The molecule has 0 saturated heterocycles. The first-order chi connectivity index (χ1) is 8.56. The normalized spacial score (nSPS) is 10.6. The molecule has 18 heavy (non-hydrogen) atoms. The van der Waals surface area contributed by atoms with Gasteiger partial charge >= 0.3 is 5.97 Å². The number of aromatic nitrogens is 2. The van der Waals surface area contributed by atoms with E-state index in [9.17, 15) is 4.79 Å². The number of nitrogens with zero attached hydrogens (tertiary/aromatic N) is 2.